The van der Waals surface area contributed by atoms with Crippen molar-refractivity contribution in [3.05, 3.63) is 47.3 Å². The molecule has 2 rings (SSSR count). The molecule has 0 unspecified atom stereocenters. The predicted octanol–water partition coefficient (Wildman–Crippen LogP) is 3.70. The Morgan fingerprint density at radius 3 is 2.33 bits per heavy atom. The number of furan rings is 2. The van der Waals surface area contributed by atoms with Crippen LogP contribution < -0.4 is 5.32 Å². The number of hydrogen-bond donors (Lipinski definition) is 1. The van der Waals surface area contributed by atoms with Gasteiger partial charge in [0, 0.05) is 29.8 Å². The number of nitrogens with one attached hydrogen (secondary N) is 1. The molecule has 0 aliphatic rings. The lowest BCUT2D eigenvalue weighted by Crippen LogP contribution is -2.35. The molecular formula is C17H26N2O2. The zero-order valence-electron chi connectivity index (χ0n) is 13.7. The molecule has 0 aromatic carbocycles. The van der Waals surface area contributed by atoms with Crippen LogP contribution in [-0.2, 0) is 19.6 Å². The summed E-state index contributed by atoms with van der Waals surface area (Å²) in [5, 5.41) is 3.50. The molecular weight excluding hydrogens is 264 g/mol. The molecule has 0 bridgehead atoms. The lowest BCUT2D eigenvalue weighted by Gasteiger charge is -2.21. The summed E-state index contributed by atoms with van der Waals surface area (Å²) in [5.41, 5.74) is 2.55. The average molecular weight is 290 g/mol. The highest BCUT2D eigenvalue weighted by Crippen LogP contribution is 2.17. The van der Waals surface area contributed by atoms with Gasteiger partial charge >= 0.3 is 0 Å². The third kappa shape index (κ3) is 4.76. The van der Waals surface area contributed by atoms with Crippen molar-refractivity contribution in [2.24, 2.45) is 0 Å². The van der Waals surface area contributed by atoms with Crippen molar-refractivity contribution in [1.29, 1.82) is 0 Å². The second-order valence-electron chi connectivity index (χ2n) is 6.65. The van der Waals surface area contributed by atoms with Gasteiger partial charge in [0.05, 0.1) is 19.1 Å². The summed E-state index contributed by atoms with van der Waals surface area (Å²) in [6.45, 7) is 11.0. The SMILES string of the molecule is Cc1occc1CN(C)Cc1occc1CNC(C)(C)C. The number of nitrogens with zero attached hydrogens (tertiary/aromatic N) is 1. The van der Waals surface area contributed by atoms with Crippen LogP contribution in [0.1, 0.15) is 43.4 Å². The van der Waals surface area contributed by atoms with Crippen LogP contribution in [0.3, 0.4) is 0 Å². The first-order valence-electron chi connectivity index (χ1n) is 7.37. The fraction of sp³-hybridized carbons (Fsp3) is 0.529. The summed E-state index contributed by atoms with van der Waals surface area (Å²) in [6, 6.07) is 4.07. The van der Waals surface area contributed by atoms with Crippen molar-refractivity contribution in [1.82, 2.24) is 10.2 Å². The highest BCUT2D eigenvalue weighted by atomic mass is 16.3. The van der Waals surface area contributed by atoms with Gasteiger partial charge in [0.1, 0.15) is 11.5 Å². The Morgan fingerprint density at radius 1 is 1.05 bits per heavy atom. The largest absolute Gasteiger partial charge is 0.469 e. The zero-order chi connectivity index (χ0) is 15.5. The molecule has 0 atom stereocenters. The Hall–Kier alpha value is -1.52. The minimum absolute atomic E-state index is 0.106. The van der Waals surface area contributed by atoms with Gasteiger partial charge in [0.15, 0.2) is 0 Å². The predicted molar refractivity (Wildman–Crippen MR) is 83.9 cm³/mol. The van der Waals surface area contributed by atoms with Crippen molar-refractivity contribution < 1.29 is 8.83 Å². The summed E-state index contributed by atoms with van der Waals surface area (Å²) in [6.07, 6.45) is 3.51. The monoisotopic (exact) mass is 290 g/mol. The Morgan fingerprint density at radius 2 is 1.71 bits per heavy atom. The molecule has 2 aromatic rings. The summed E-state index contributed by atoms with van der Waals surface area (Å²) in [4.78, 5) is 2.23. The third-order valence-electron chi connectivity index (χ3n) is 3.47. The van der Waals surface area contributed by atoms with Gasteiger partial charge in [0.2, 0.25) is 0 Å². The maximum absolute atomic E-state index is 5.64. The first-order valence-corrected chi connectivity index (χ1v) is 7.37. The minimum Gasteiger partial charge on any atom is -0.469 e. The number of rotatable bonds is 6. The minimum atomic E-state index is 0.106. The summed E-state index contributed by atoms with van der Waals surface area (Å²) < 4.78 is 11.0. The van der Waals surface area contributed by atoms with Gasteiger partial charge in [-0.15, -0.1) is 0 Å². The molecule has 4 nitrogen and oxygen atoms in total. The average Bonchev–Trinajstić information content (AvgIpc) is 2.96. The molecule has 0 spiro atoms. The van der Waals surface area contributed by atoms with Gasteiger partial charge in [-0.05, 0) is 46.9 Å². The molecule has 0 radical (unpaired) electrons. The molecule has 2 aromatic heterocycles. The van der Waals surface area contributed by atoms with Crippen molar-refractivity contribution in [2.75, 3.05) is 7.05 Å². The molecule has 1 N–H and O–H groups in total. The Labute approximate surface area is 127 Å². The molecule has 4 heteroatoms. The molecule has 0 amide bonds. The standard InChI is InChI=1S/C17H26N2O2/c1-13-15(7-8-20-13)11-19(5)12-16-14(6-9-21-16)10-18-17(2,3)4/h6-9,18H,10-12H2,1-5H3. The maximum Gasteiger partial charge on any atom is 0.122 e. The molecule has 116 valence electrons. The lowest BCUT2D eigenvalue weighted by atomic mass is 10.1. The molecule has 2 heterocycles. The van der Waals surface area contributed by atoms with E-state index in [-0.39, 0.29) is 5.54 Å². The normalized spacial score (nSPS) is 12.3. The smallest absolute Gasteiger partial charge is 0.122 e. The summed E-state index contributed by atoms with van der Waals surface area (Å²) >= 11 is 0. The summed E-state index contributed by atoms with van der Waals surface area (Å²) in [7, 11) is 2.09. The van der Waals surface area contributed by atoms with Crippen LogP contribution in [0.5, 0.6) is 0 Å². The van der Waals surface area contributed by atoms with E-state index in [9.17, 15) is 0 Å². The highest BCUT2D eigenvalue weighted by Gasteiger charge is 2.14. The number of hydrogen-bond acceptors (Lipinski definition) is 4. The van der Waals surface area contributed by atoms with Crippen LogP contribution in [0.25, 0.3) is 0 Å². The van der Waals surface area contributed by atoms with E-state index in [0.29, 0.717) is 0 Å². The lowest BCUT2D eigenvalue weighted by molar-refractivity contribution is 0.283. The van der Waals surface area contributed by atoms with Gasteiger partial charge < -0.3 is 14.2 Å². The topological polar surface area (TPSA) is 41.6 Å². The maximum atomic E-state index is 5.64. The van der Waals surface area contributed by atoms with Gasteiger partial charge in [-0.3, -0.25) is 4.90 Å². The van der Waals surface area contributed by atoms with E-state index in [1.807, 2.05) is 19.1 Å². The second-order valence-corrected chi connectivity index (χ2v) is 6.65. The fourth-order valence-electron chi connectivity index (χ4n) is 2.19. The highest BCUT2D eigenvalue weighted by molar-refractivity contribution is 5.18. The Balaban J connectivity index is 1.94. The van der Waals surface area contributed by atoms with E-state index in [1.165, 1.54) is 11.1 Å². The van der Waals surface area contributed by atoms with Crippen molar-refractivity contribution in [3.63, 3.8) is 0 Å². The van der Waals surface area contributed by atoms with Crippen LogP contribution in [0, 0.1) is 6.92 Å². The van der Waals surface area contributed by atoms with E-state index in [0.717, 1.165) is 31.2 Å². The van der Waals surface area contributed by atoms with E-state index >= 15 is 0 Å². The van der Waals surface area contributed by atoms with Gasteiger partial charge in [-0.2, -0.15) is 0 Å². The zero-order valence-corrected chi connectivity index (χ0v) is 13.7. The van der Waals surface area contributed by atoms with Crippen LogP contribution in [0.15, 0.2) is 33.5 Å². The second kappa shape index (κ2) is 6.50. The molecule has 0 fully saturated rings. The first kappa shape index (κ1) is 15.9. The molecule has 0 aliphatic carbocycles. The number of aryl methyl sites for hydroxylation is 1. The third-order valence-corrected chi connectivity index (χ3v) is 3.47. The van der Waals surface area contributed by atoms with Gasteiger partial charge in [-0.1, -0.05) is 0 Å². The molecule has 0 aliphatic heterocycles. The van der Waals surface area contributed by atoms with Crippen molar-refractivity contribution >= 4 is 0 Å². The van der Waals surface area contributed by atoms with Crippen LogP contribution in [-0.4, -0.2) is 17.5 Å². The fourth-order valence-corrected chi connectivity index (χ4v) is 2.19. The Kier molecular flexibility index (Phi) is 4.91. The van der Waals surface area contributed by atoms with Crippen molar-refractivity contribution in [2.45, 2.75) is 52.9 Å². The van der Waals surface area contributed by atoms with Gasteiger partial charge in [0.25, 0.3) is 0 Å². The Bertz CT molecular complexity index is 563. The summed E-state index contributed by atoms with van der Waals surface area (Å²) in [5.74, 6) is 2.01. The van der Waals surface area contributed by atoms with Crippen LogP contribution in [0.2, 0.25) is 0 Å². The molecule has 21 heavy (non-hydrogen) atoms. The van der Waals surface area contributed by atoms with Gasteiger partial charge in [-0.25, -0.2) is 0 Å². The van der Waals surface area contributed by atoms with Crippen LogP contribution in [0.4, 0.5) is 0 Å². The quantitative estimate of drug-likeness (QED) is 0.880. The molecule has 0 saturated carbocycles. The van der Waals surface area contributed by atoms with E-state index in [1.54, 1.807) is 12.5 Å². The van der Waals surface area contributed by atoms with Crippen LogP contribution >= 0.6 is 0 Å². The first-order chi connectivity index (χ1) is 9.85. The molecule has 0 saturated heterocycles. The van der Waals surface area contributed by atoms with E-state index < -0.39 is 0 Å². The van der Waals surface area contributed by atoms with Crippen molar-refractivity contribution in [3.8, 4) is 0 Å². The van der Waals surface area contributed by atoms with E-state index in [4.69, 9.17) is 8.83 Å². The van der Waals surface area contributed by atoms with E-state index in [2.05, 4.69) is 38.0 Å².